The molecule has 1 aromatic heterocycles. The van der Waals surface area contributed by atoms with Crippen LogP contribution in [-0.4, -0.2) is 19.1 Å². The standard InChI is InChI=1S/C14H16ClN3/c1-18(2)14-8-7-13(10-17-14)16-9-11-3-5-12(15)6-4-11/h3-8,10,16H,9H2,1-2H3. The highest BCUT2D eigenvalue weighted by Gasteiger charge is 1.98. The van der Waals surface area contributed by atoms with E-state index in [2.05, 4.69) is 10.3 Å². The maximum atomic E-state index is 5.84. The Hall–Kier alpha value is -1.74. The molecule has 2 aromatic rings. The van der Waals surface area contributed by atoms with Crippen LogP contribution in [0.4, 0.5) is 11.5 Å². The van der Waals surface area contributed by atoms with Crippen molar-refractivity contribution >= 4 is 23.1 Å². The summed E-state index contributed by atoms with van der Waals surface area (Å²) < 4.78 is 0. The van der Waals surface area contributed by atoms with Gasteiger partial charge in [-0.3, -0.25) is 0 Å². The Morgan fingerprint density at radius 2 is 1.83 bits per heavy atom. The van der Waals surface area contributed by atoms with Crippen molar-refractivity contribution in [1.82, 2.24) is 4.98 Å². The number of rotatable bonds is 4. The number of halogens is 1. The van der Waals surface area contributed by atoms with E-state index in [0.717, 1.165) is 23.1 Å². The van der Waals surface area contributed by atoms with Crippen LogP contribution in [0.2, 0.25) is 5.02 Å². The molecule has 0 unspecified atom stereocenters. The normalized spacial score (nSPS) is 10.2. The summed E-state index contributed by atoms with van der Waals surface area (Å²) in [4.78, 5) is 6.32. The maximum Gasteiger partial charge on any atom is 0.128 e. The molecule has 0 fully saturated rings. The van der Waals surface area contributed by atoms with Gasteiger partial charge in [0, 0.05) is 25.7 Å². The molecule has 0 aliphatic carbocycles. The monoisotopic (exact) mass is 261 g/mol. The van der Waals surface area contributed by atoms with Gasteiger partial charge in [-0.1, -0.05) is 23.7 Å². The van der Waals surface area contributed by atoms with Crippen LogP contribution in [0.15, 0.2) is 42.6 Å². The summed E-state index contributed by atoms with van der Waals surface area (Å²) in [5.74, 6) is 0.951. The van der Waals surface area contributed by atoms with E-state index in [-0.39, 0.29) is 0 Å². The van der Waals surface area contributed by atoms with Crippen molar-refractivity contribution in [2.24, 2.45) is 0 Å². The average Bonchev–Trinajstić information content (AvgIpc) is 2.38. The quantitative estimate of drug-likeness (QED) is 0.914. The number of pyridine rings is 1. The molecule has 2 rings (SSSR count). The van der Waals surface area contributed by atoms with E-state index in [1.165, 1.54) is 5.56 Å². The Bertz CT molecular complexity index is 491. The van der Waals surface area contributed by atoms with Crippen LogP contribution in [0.25, 0.3) is 0 Å². The topological polar surface area (TPSA) is 28.2 Å². The third-order valence-corrected chi connectivity index (χ3v) is 2.87. The summed E-state index contributed by atoms with van der Waals surface area (Å²) in [5, 5.41) is 4.08. The molecule has 0 radical (unpaired) electrons. The van der Waals surface area contributed by atoms with E-state index in [1.54, 1.807) is 0 Å². The van der Waals surface area contributed by atoms with E-state index >= 15 is 0 Å². The Morgan fingerprint density at radius 1 is 1.11 bits per heavy atom. The van der Waals surface area contributed by atoms with Gasteiger partial charge in [-0.05, 0) is 29.8 Å². The van der Waals surface area contributed by atoms with Crippen molar-refractivity contribution < 1.29 is 0 Å². The van der Waals surface area contributed by atoms with Gasteiger partial charge >= 0.3 is 0 Å². The first-order valence-corrected chi connectivity index (χ1v) is 6.14. The number of nitrogens with zero attached hydrogens (tertiary/aromatic N) is 2. The highest BCUT2D eigenvalue weighted by atomic mass is 35.5. The number of nitrogens with one attached hydrogen (secondary N) is 1. The molecule has 1 N–H and O–H groups in total. The van der Waals surface area contributed by atoms with Crippen LogP contribution < -0.4 is 10.2 Å². The zero-order chi connectivity index (χ0) is 13.0. The van der Waals surface area contributed by atoms with Gasteiger partial charge < -0.3 is 10.2 Å². The van der Waals surface area contributed by atoms with Crippen LogP contribution in [-0.2, 0) is 6.54 Å². The zero-order valence-corrected chi connectivity index (χ0v) is 11.3. The molecule has 3 nitrogen and oxygen atoms in total. The van der Waals surface area contributed by atoms with Crippen molar-refractivity contribution in [3.05, 3.63) is 53.2 Å². The molecule has 0 amide bonds. The molecule has 0 atom stereocenters. The molecule has 0 saturated carbocycles. The molecule has 0 saturated heterocycles. The number of aromatic nitrogens is 1. The third-order valence-electron chi connectivity index (χ3n) is 2.62. The van der Waals surface area contributed by atoms with Gasteiger partial charge in [-0.25, -0.2) is 4.98 Å². The van der Waals surface area contributed by atoms with Crippen LogP contribution in [0.3, 0.4) is 0 Å². The minimum atomic E-state index is 0.760. The summed E-state index contributed by atoms with van der Waals surface area (Å²) in [6.45, 7) is 0.764. The van der Waals surface area contributed by atoms with Crippen molar-refractivity contribution in [3.63, 3.8) is 0 Å². The van der Waals surface area contributed by atoms with Crippen LogP contribution in [0.5, 0.6) is 0 Å². The summed E-state index contributed by atoms with van der Waals surface area (Å²) in [6, 6.07) is 11.8. The Kier molecular flexibility index (Phi) is 4.05. The van der Waals surface area contributed by atoms with Crippen molar-refractivity contribution in [2.45, 2.75) is 6.54 Å². The number of benzene rings is 1. The molecule has 0 spiro atoms. The lowest BCUT2D eigenvalue weighted by Gasteiger charge is -2.12. The fourth-order valence-corrected chi connectivity index (χ4v) is 1.69. The summed E-state index contributed by atoms with van der Waals surface area (Å²) >= 11 is 5.84. The van der Waals surface area contributed by atoms with E-state index < -0.39 is 0 Å². The van der Waals surface area contributed by atoms with E-state index in [1.807, 2.05) is 61.6 Å². The third kappa shape index (κ3) is 3.37. The molecule has 4 heteroatoms. The summed E-state index contributed by atoms with van der Waals surface area (Å²) in [6.07, 6.45) is 1.84. The molecule has 18 heavy (non-hydrogen) atoms. The first-order valence-electron chi connectivity index (χ1n) is 5.77. The van der Waals surface area contributed by atoms with Crippen molar-refractivity contribution in [3.8, 4) is 0 Å². The average molecular weight is 262 g/mol. The van der Waals surface area contributed by atoms with Crippen LogP contribution in [0.1, 0.15) is 5.56 Å². The molecule has 0 aliphatic heterocycles. The molecular formula is C14H16ClN3. The van der Waals surface area contributed by atoms with E-state index in [4.69, 9.17) is 11.6 Å². The van der Waals surface area contributed by atoms with Gasteiger partial charge in [0.2, 0.25) is 0 Å². The predicted octanol–water partition coefficient (Wildman–Crippen LogP) is 3.41. The van der Waals surface area contributed by atoms with Gasteiger partial charge in [-0.2, -0.15) is 0 Å². The Morgan fingerprint density at radius 3 is 2.39 bits per heavy atom. The molecule has 1 aromatic carbocycles. The molecular weight excluding hydrogens is 246 g/mol. The fraction of sp³-hybridized carbons (Fsp3) is 0.214. The first-order chi connectivity index (χ1) is 8.65. The second-order valence-corrected chi connectivity index (χ2v) is 4.72. The Balaban J connectivity index is 1.95. The molecule has 0 aliphatic rings. The summed E-state index contributed by atoms with van der Waals surface area (Å²) in [5.41, 5.74) is 2.20. The number of hydrogen-bond donors (Lipinski definition) is 1. The smallest absolute Gasteiger partial charge is 0.128 e. The SMILES string of the molecule is CN(C)c1ccc(NCc2ccc(Cl)cc2)cn1. The van der Waals surface area contributed by atoms with Crippen LogP contribution >= 0.6 is 11.6 Å². The lowest BCUT2D eigenvalue weighted by atomic mass is 10.2. The lowest BCUT2D eigenvalue weighted by Crippen LogP contribution is -2.10. The van der Waals surface area contributed by atoms with Gasteiger partial charge in [-0.15, -0.1) is 0 Å². The van der Waals surface area contributed by atoms with Gasteiger partial charge in [0.1, 0.15) is 5.82 Å². The fourth-order valence-electron chi connectivity index (χ4n) is 1.56. The first kappa shape index (κ1) is 12.7. The maximum absolute atomic E-state index is 5.84. The molecule has 0 bridgehead atoms. The van der Waals surface area contributed by atoms with Crippen molar-refractivity contribution in [2.75, 3.05) is 24.3 Å². The molecule has 1 heterocycles. The van der Waals surface area contributed by atoms with E-state index in [0.29, 0.717) is 0 Å². The van der Waals surface area contributed by atoms with Gasteiger partial charge in [0.05, 0.1) is 11.9 Å². The Labute approximate surface area is 112 Å². The number of hydrogen-bond acceptors (Lipinski definition) is 3. The zero-order valence-electron chi connectivity index (χ0n) is 10.5. The van der Waals surface area contributed by atoms with Crippen LogP contribution in [0, 0.1) is 0 Å². The summed E-state index contributed by atoms with van der Waals surface area (Å²) in [7, 11) is 3.95. The highest BCUT2D eigenvalue weighted by molar-refractivity contribution is 6.30. The molecule has 94 valence electrons. The highest BCUT2D eigenvalue weighted by Crippen LogP contribution is 2.14. The predicted molar refractivity (Wildman–Crippen MR) is 77.3 cm³/mol. The van der Waals surface area contributed by atoms with Gasteiger partial charge in [0.15, 0.2) is 0 Å². The largest absolute Gasteiger partial charge is 0.380 e. The lowest BCUT2D eigenvalue weighted by molar-refractivity contribution is 1.06. The van der Waals surface area contributed by atoms with Gasteiger partial charge in [0.25, 0.3) is 0 Å². The second-order valence-electron chi connectivity index (χ2n) is 4.28. The van der Waals surface area contributed by atoms with Crippen molar-refractivity contribution in [1.29, 1.82) is 0 Å². The minimum Gasteiger partial charge on any atom is -0.380 e. The number of anilines is 2. The minimum absolute atomic E-state index is 0.760. The van der Waals surface area contributed by atoms with E-state index in [9.17, 15) is 0 Å². The second kappa shape index (κ2) is 5.74.